The molecule has 0 aromatic heterocycles. The van der Waals surface area contributed by atoms with Crippen LogP contribution in [0.25, 0.3) is 0 Å². The lowest BCUT2D eigenvalue weighted by molar-refractivity contribution is -0.144. The summed E-state index contributed by atoms with van der Waals surface area (Å²) in [5, 5.41) is 0. The summed E-state index contributed by atoms with van der Waals surface area (Å²) in [6, 6.07) is 0. The van der Waals surface area contributed by atoms with E-state index < -0.39 is 5.54 Å². The molecule has 3 heteroatoms. The van der Waals surface area contributed by atoms with Crippen molar-refractivity contribution in [3.8, 4) is 0 Å². The molecule has 0 radical (unpaired) electrons. The number of hydrogen-bond acceptors (Lipinski definition) is 3. The van der Waals surface area contributed by atoms with Gasteiger partial charge in [0, 0.05) is 5.54 Å². The molecule has 0 rings (SSSR count). The molecule has 2 N–H and O–H groups in total. The number of esters is 1. The molecule has 14 heavy (non-hydrogen) atoms. The molecule has 0 amide bonds. The Morgan fingerprint density at radius 2 is 2.00 bits per heavy atom. The van der Waals surface area contributed by atoms with E-state index in [1.165, 1.54) is 0 Å². The lowest BCUT2D eigenvalue weighted by atomic mass is 10.0. The molecule has 84 valence electrons. The molecular weight excluding hydrogens is 178 g/mol. The summed E-state index contributed by atoms with van der Waals surface area (Å²) in [7, 11) is 0. The van der Waals surface area contributed by atoms with Crippen molar-refractivity contribution in [2.45, 2.75) is 52.5 Å². The van der Waals surface area contributed by atoms with Crippen molar-refractivity contribution in [3.63, 3.8) is 0 Å². The van der Waals surface area contributed by atoms with E-state index in [1.807, 2.05) is 13.8 Å². The molecule has 0 aromatic rings. The summed E-state index contributed by atoms with van der Waals surface area (Å²) in [5.74, 6) is 0.473. The smallest absolute Gasteiger partial charge is 0.307 e. The van der Waals surface area contributed by atoms with Crippen LogP contribution < -0.4 is 5.73 Å². The first-order valence-electron chi connectivity index (χ1n) is 5.26. The minimum Gasteiger partial charge on any atom is -0.466 e. The zero-order chi connectivity index (χ0) is 11.2. The second-order valence-corrected chi connectivity index (χ2v) is 4.92. The van der Waals surface area contributed by atoms with E-state index in [2.05, 4.69) is 13.8 Å². The summed E-state index contributed by atoms with van der Waals surface area (Å²) in [5.41, 5.74) is 5.22. The molecule has 0 saturated heterocycles. The predicted octanol–water partition coefficient (Wildman–Crippen LogP) is 2.09. The van der Waals surface area contributed by atoms with E-state index >= 15 is 0 Å². The highest BCUT2D eigenvalue weighted by Gasteiger charge is 2.17. The van der Waals surface area contributed by atoms with Crippen molar-refractivity contribution in [2.75, 3.05) is 6.61 Å². The van der Waals surface area contributed by atoms with E-state index in [0.29, 0.717) is 12.5 Å². The van der Waals surface area contributed by atoms with Gasteiger partial charge in [-0.05, 0) is 32.6 Å². The monoisotopic (exact) mass is 201 g/mol. The summed E-state index contributed by atoms with van der Waals surface area (Å²) < 4.78 is 5.05. The molecule has 0 atom stereocenters. The van der Waals surface area contributed by atoms with Gasteiger partial charge in [0.15, 0.2) is 0 Å². The van der Waals surface area contributed by atoms with E-state index in [4.69, 9.17) is 10.5 Å². The Kier molecular flexibility index (Phi) is 5.77. The second-order valence-electron chi connectivity index (χ2n) is 4.92. The summed E-state index contributed by atoms with van der Waals surface area (Å²) >= 11 is 0. The summed E-state index contributed by atoms with van der Waals surface area (Å²) in [6.07, 6.45) is 2.32. The number of ether oxygens (including phenoxy) is 1. The molecule has 0 aliphatic heterocycles. The first-order chi connectivity index (χ1) is 6.31. The maximum atomic E-state index is 11.2. The summed E-state index contributed by atoms with van der Waals surface area (Å²) in [6.45, 7) is 8.48. The average Bonchev–Trinajstić information content (AvgIpc) is 1.94. The lowest BCUT2D eigenvalue weighted by Gasteiger charge is -2.16. The summed E-state index contributed by atoms with van der Waals surface area (Å²) in [4.78, 5) is 11.2. The van der Waals surface area contributed by atoms with Crippen LogP contribution in [-0.4, -0.2) is 18.1 Å². The van der Waals surface area contributed by atoms with E-state index in [9.17, 15) is 4.79 Å². The predicted molar refractivity (Wildman–Crippen MR) is 57.9 cm³/mol. The fourth-order valence-electron chi connectivity index (χ4n) is 1.10. The Morgan fingerprint density at radius 1 is 1.43 bits per heavy atom. The largest absolute Gasteiger partial charge is 0.466 e. The second kappa shape index (κ2) is 6.02. The molecule has 0 bridgehead atoms. The fraction of sp³-hybridized carbons (Fsp3) is 0.909. The molecule has 3 nitrogen and oxygen atoms in total. The van der Waals surface area contributed by atoms with E-state index in [1.54, 1.807) is 0 Å². The van der Waals surface area contributed by atoms with Gasteiger partial charge in [-0.2, -0.15) is 0 Å². The number of carbonyl (C=O) groups excluding carboxylic acids is 1. The van der Waals surface area contributed by atoms with Crippen LogP contribution in [0.15, 0.2) is 0 Å². The zero-order valence-electron chi connectivity index (χ0n) is 9.80. The van der Waals surface area contributed by atoms with Gasteiger partial charge in [0.25, 0.3) is 0 Å². The van der Waals surface area contributed by atoms with Crippen molar-refractivity contribution in [1.29, 1.82) is 0 Å². The quantitative estimate of drug-likeness (QED) is 0.529. The van der Waals surface area contributed by atoms with E-state index in [0.717, 1.165) is 12.8 Å². The third-order valence-electron chi connectivity index (χ3n) is 1.79. The molecule has 0 fully saturated rings. The van der Waals surface area contributed by atoms with Gasteiger partial charge in [0.2, 0.25) is 0 Å². The van der Waals surface area contributed by atoms with E-state index in [-0.39, 0.29) is 12.4 Å². The van der Waals surface area contributed by atoms with Crippen LogP contribution in [0.4, 0.5) is 0 Å². The van der Waals surface area contributed by atoms with Gasteiger partial charge in [0.1, 0.15) is 0 Å². The van der Waals surface area contributed by atoms with Gasteiger partial charge in [-0.25, -0.2) is 0 Å². The first-order valence-corrected chi connectivity index (χ1v) is 5.26. The van der Waals surface area contributed by atoms with Crippen molar-refractivity contribution >= 4 is 5.97 Å². The fourth-order valence-corrected chi connectivity index (χ4v) is 1.10. The Morgan fingerprint density at radius 3 is 2.43 bits per heavy atom. The van der Waals surface area contributed by atoms with Crippen LogP contribution in [0, 0.1) is 5.92 Å². The first kappa shape index (κ1) is 13.4. The highest BCUT2D eigenvalue weighted by molar-refractivity contribution is 5.70. The van der Waals surface area contributed by atoms with Crippen molar-refractivity contribution in [1.82, 2.24) is 0 Å². The van der Waals surface area contributed by atoms with Gasteiger partial charge < -0.3 is 10.5 Å². The molecule has 0 aliphatic carbocycles. The maximum Gasteiger partial charge on any atom is 0.307 e. The lowest BCUT2D eigenvalue weighted by Crippen LogP contribution is -2.35. The van der Waals surface area contributed by atoms with Crippen molar-refractivity contribution in [3.05, 3.63) is 0 Å². The Bertz CT molecular complexity index is 171. The topological polar surface area (TPSA) is 52.3 Å². The van der Waals surface area contributed by atoms with Gasteiger partial charge in [-0.1, -0.05) is 13.8 Å². The van der Waals surface area contributed by atoms with Crippen LogP contribution in [0.5, 0.6) is 0 Å². The number of carbonyl (C=O) groups is 1. The maximum absolute atomic E-state index is 11.2. The van der Waals surface area contributed by atoms with Crippen LogP contribution in [0.2, 0.25) is 0 Å². The van der Waals surface area contributed by atoms with Crippen LogP contribution >= 0.6 is 0 Å². The highest BCUT2D eigenvalue weighted by atomic mass is 16.5. The number of nitrogens with two attached hydrogens (primary N) is 1. The molecule has 0 aromatic carbocycles. The molecule has 0 unspecified atom stereocenters. The molecule has 0 aliphatic rings. The van der Waals surface area contributed by atoms with Crippen LogP contribution in [-0.2, 0) is 9.53 Å². The van der Waals surface area contributed by atoms with Crippen molar-refractivity contribution in [2.24, 2.45) is 11.7 Å². The third kappa shape index (κ3) is 9.52. The highest BCUT2D eigenvalue weighted by Crippen LogP contribution is 2.07. The Balaban J connectivity index is 3.46. The molecule has 0 heterocycles. The number of hydrogen-bond donors (Lipinski definition) is 1. The molecular formula is C11H23NO2. The van der Waals surface area contributed by atoms with Crippen LogP contribution in [0.1, 0.15) is 47.0 Å². The standard InChI is InChI=1S/C11H23NO2/c1-9(2)6-5-7-14-10(13)8-11(3,4)12/h9H,5-8,12H2,1-4H3. The minimum atomic E-state index is -0.463. The molecule has 0 saturated carbocycles. The average molecular weight is 201 g/mol. The van der Waals surface area contributed by atoms with Crippen molar-refractivity contribution < 1.29 is 9.53 Å². The van der Waals surface area contributed by atoms with Crippen LogP contribution in [0.3, 0.4) is 0 Å². The Labute approximate surface area is 87.0 Å². The normalized spacial score (nSPS) is 11.9. The SMILES string of the molecule is CC(C)CCCOC(=O)CC(C)(C)N. The van der Waals surface area contributed by atoms with Gasteiger partial charge in [0.05, 0.1) is 13.0 Å². The zero-order valence-corrected chi connectivity index (χ0v) is 9.80. The van der Waals surface area contributed by atoms with Gasteiger partial charge in [-0.15, -0.1) is 0 Å². The van der Waals surface area contributed by atoms with Gasteiger partial charge >= 0.3 is 5.97 Å². The third-order valence-corrected chi connectivity index (χ3v) is 1.79. The van der Waals surface area contributed by atoms with Gasteiger partial charge in [-0.3, -0.25) is 4.79 Å². The molecule has 0 spiro atoms. The number of rotatable bonds is 6. The Hall–Kier alpha value is -0.570. The minimum absolute atomic E-state index is 0.193.